The summed E-state index contributed by atoms with van der Waals surface area (Å²) in [7, 11) is 0. The van der Waals surface area contributed by atoms with Crippen molar-refractivity contribution in [2.75, 3.05) is 5.43 Å². The topological polar surface area (TPSA) is 37.3 Å². The summed E-state index contributed by atoms with van der Waals surface area (Å²) in [5, 5.41) is 5.64. The minimum Gasteiger partial charge on any atom is -0.253 e. The van der Waals surface area contributed by atoms with Gasteiger partial charge in [0.2, 0.25) is 5.13 Å². The predicted octanol–water partition coefficient (Wildman–Crippen LogP) is 6.93. The fourth-order valence-corrected chi connectivity index (χ4v) is 3.20. The zero-order valence-electron chi connectivity index (χ0n) is 15.1. The number of alkyl halides is 8. The lowest BCUT2D eigenvalue weighted by Gasteiger charge is -2.23. The second kappa shape index (κ2) is 8.25. The van der Waals surface area contributed by atoms with Crippen LogP contribution in [0.5, 0.6) is 0 Å². The van der Waals surface area contributed by atoms with Crippen molar-refractivity contribution in [2.24, 2.45) is 5.10 Å². The van der Waals surface area contributed by atoms with Gasteiger partial charge in [-0.2, -0.15) is 40.2 Å². The molecule has 3 rings (SSSR count). The normalized spacial score (nSPS) is 13.0. The van der Waals surface area contributed by atoms with Crippen LogP contribution in [-0.4, -0.2) is 17.4 Å². The van der Waals surface area contributed by atoms with Crippen molar-refractivity contribution in [3.05, 3.63) is 70.6 Å². The van der Waals surface area contributed by atoms with Gasteiger partial charge in [0.25, 0.3) is 0 Å². The van der Waals surface area contributed by atoms with Crippen LogP contribution in [0.15, 0.2) is 59.0 Å². The number of benzene rings is 2. The molecule has 0 amide bonds. The molecule has 0 radical (unpaired) electrons. The lowest BCUT2D eigenvalue weighted by Crippen LogP contribution is -2.35. The fourth-order valence-electron chi connectivity index (χ4n) is 2.53. The van der Waals surface area contributed by atoms with E-state index in [1.54, 1.807) is 17.5 Å². The van der Waals surface area contributed by atoms with Crippen molar-refractivity contribution in [3.8, 4) is 11.3 Å². The Morgan fingerprint density at radius 3 is 2.16 bits per heavy atom. The smallest absolute Gasteiger partial charge is 0.253 e. The number of nitrogens with one attached hydrogen (secondary N) is 1. The first kappa shape index (κ1) is 22.7. The van der Waals surface area contributed by atoms with Gasteiger partial charge in [0.05, 0.1) is 17.5 Å². The Hall–Kier alpha value is -3.02. The minimum absolute atomic E-state index is 0.110. The van der Waals surface area contributed by atoms with Gasteiger partial charge >= 0.3 is 18.3 Å². The highest BCUT2D eigenvalue weighted by atomic mass is 32.1. The van der Waals surface area contributed by atoms with Crippen LogP contribution in [0.25, 0.3) is 11.3 Å². The van der Waals surface area contributed by atoms with Gasteiger partial charge in [0, 0.05) is 16.5 Å². The largest absolute Gasteiger partial charge is 0.458 e. The Morgan fingerprint density at radius 2 is 1.55 bits per heavy atom. The minimum atomic E-state index is -6.20. The van der Waals surface area contributed by atoms with E-state index in [9.17, 15) is 35.1 Å². The van der Waals surface area contributed by atoms with Crippen LogP contribution in [0.4, 0.5) is 40.3 Å². The van der Waals surface area contributed by atoms with Crippen LogP contribution in [-0.2, 0) is 12.1 Å². The first-order chi connectivity index (χ1) is 14.4. The monoisotopic (exact) mass is 465 g/mol. The molecule has 0 spiro atoms. The summed E-state index contributed by atoms with van der Waals surface area (Å²) < 4.78 is 104. The maximum atomic E-state index is 13.7. The molecule has 0 aliphatic carbocycles. The van der Waals surface area contributed by atoms with E-state index >= 15 is 0 Å². The molecule has 0 bridgehead atoms. The second-order valence-corrected chi connectivity index (χ2v) is 7.01. The first-order valence-electron chi connectivity index (χ1n) is 8.36. The molecular weight excluding hydrogens is 454 g/mol. The number of thiazole rings is 1. The summed E-state index contributed by atoms with van der Waals surface area (Å²) in [6.45, 7) is 0. The van der Waals surface area contributed by atoms with E-state index in [4.69, 9.17) is 0 Å². The van der Waals surface area contributed by atoms with Crippen molar-refractivity contribution in [2.45, 2.75) is 18.3 Å². The van der Waals surface area contributed by atoms with Gasteiger partial charge in [-0.3, -0.25) is 5.43 Å². The molecule has 0 fully saturated rings. The SMILES string of the molecule is FC(F)(F)c1ccc(C=NNc2nc(-c3ccccc3)cs2)cc1C(F)(F)C(F)(F)F. The maximum absolute atomic E-state index is 13.7. The van der Waals surface area contributed by atoms with E-state index < -0.39 is 29.4 Å². The van der Waals surface area contributed by atoms with Gasteiger partial charge < -0.3 is 0 Å². The lowest BCUT2D eigenvalue weighted by atomic mass is 9.98. The fraction of sp³-hybridized carbons (Fsp3) is 0.158. The van der Waals surface area contributed by atoms with E-state index in [0.29, 0.717) is 5.69 Å². The third-order valence-corrected chi connectivity index (χ3v) is 4.74. The quantitative estimate of drug-likeness (QED) is 0.252. The summed E-state index contributed by atoms with van der Waals surface area (Å²) in [6, 6.07) is 10.1. The Labute approximate surface area is 174 Å². The molecule has 1 N–H and O–H groups in total. The molecule has 3 nitrogen and oxygen atoms in total. The predicted molar refractivity (Wildman–Crippen MR) is 100 cm³/mol. The van der Waals surface area contributed by atoms with E-state index in [-0.39, 0.29) is 22.8 Å². The van der Waals surface area contributed by atoms with E-state index in [0.717, 1.165) is 29.2 Å². The molecule has 0 atom stereocenters. The molecular formula is C19H11F8N3S. The van der Waals surface area contributed by atoms with Crippen LogP contribution >= 0.6 is 11.3 Å². The number of halogens is 8. The summed E-state index contributed by atoms with van der Waals surface area (Å²) in [5.74, 6) is -5.70. The number of nitrogens with zero attached hydrogens (tertiary/aromatic N) is 2. The summed E-state index contributed by atoms with van der Waals surface area (Å²) in [6.07, 6.45) is -10.8. The van der Waals surface area contributed by atoms with E-state index in [1.807, 2.05) is 18.2 Å². The summed E-state index contributed by atoms with van der Waals surface area (Å²) in [5.41, 5.74) is -0.769. The van der Waals surface area contributed by atoms with Crippen LogP contribution in [0.3, 0.4) is 0 Å². The Kier molecular flexibility index (Phi) is 6.03. The highest BCUT2D eigenvalue weighted by Gasteiger charge is 2.61. The van der Waals surface area contributed by atoms with Crippen molar-refractivity contribution in [3.63, 3.8) is 0 Å². The number of anilines is 1. The summed E-state index contributed by atoms with van der Waals surface area (Å²) >= 11 is 1.14. The lowest BCUT2D eigenvalue weighted by molar-refractivity contribution is -0.291. The number of hydrogen-bond acceptors (Lipinski definition) is 4. The van der Waals surface area contributed by atoms with Crippen molar-refractivity contribution in [1.82, 2.24) is 4.98 Å². The van der Waals surface area contributed by atoms with Crippen LogP contribution in [0.2, 0.25) is 0 Å². The van der Waals surface area contributed by atoms with Gasteiger partial charge in [-0.1, -0.05) is 36.4 Å². The average Bonchev–Trinajstić information content (AvgIpc) is 3.16. The molecule has 1 heterocycles. The molecule has 0 saturated heterocycles. The third-order valence-electron chi connectivity index (χ3n) is 3.99. The Morgan fingerprint density at radius 1 is 0.871 bits per heavy atom. The molecule has 0 saturated carbocycles. The molecule has 12 heteroatoms. The van der Waals surface area contributed by atoms with Crippen molar-refractivity contribution < 1.29 is 35.1 Å². The zero-order chi connectivity index (χ0) is 22.9. The highest BCUT2D eigenvalue weighted by Crippen LogP contribution is 2.48. The second-order valence-electron chi connectivity index (χ2n) is 6.15. The van der Waals surface area contributed by atoms with Gasteiger partial charge in [-0.25, -0.2) is 4.98 Å². The highest BCUT2D eigenvalue weighted by molar-refractivity contribution is 7.14. The molecule has 164 valence electrons. The number of hydrazone groups is 1. The number of hydrogen-bond donors (Lipinski definition) is 1. The number of aromatic nitrogens is 1. The van der Waals surface area contributed by atoms with Crippen LogP contribution in [0, 0.1) is 0 Å². The Bertz CT molecular complexity index is 1070. The molecule has 0 aliphatic heterocycles. The van der Waals surface area contributed by atoms with Gasteiger partial charge in [0.1, 0.15) is 0 Å². The molecule has 1 aromatic heterocycles. The Balaban J connectivity index is 1.85. The van der Waals surface area contributed by atoms with E-state index in [1.165, 1.54) is 0 Å². The van der Waals surface area contributed by atoms with Gasteiger partial charge in [0.15, 0.2) is 0 Å². The third kappa shape index (κ3) is 5.01. The van der Waals surface area contributed by atoms with Crippen molar-refractivity contribution in [1.29, 1.82) is 0 Å². The molecule has 2 aromatic carbocycles. The molecule has 0 unspecified atom stereocenters. The first-order valence-corrected chi connectivity index (χ1v) is 9.24. The van der Waals surface area contributed by atoms with Gasteiger partial charge in [-0.05, 0) is 17.7 Å². The van der Waals surface area contributed by atoms with Crippen LogP contribution in [0.1, 0.15) is 16.7 Å². The maximum Gasteiger partial charge on any atom is 0.458 e. The molecule has 31 heavy (non-hydrogen) atoms. The average molecular weight is 465 g/mol. The van der Waals surface area contributed by atoms with E-state index in [2.05, 4.69) is 15.5 Å². The van der Waals surface area contributed by atoms with Crippen LogP contribution < -0.4 is 5.43 Å². The van der Waals surface area contributed by atoms with Gasteiger partial charge in [-0.15, -0.1) is 11.3 Å². The standard InChI is InChI=1S/C19H11F8N3S/c20-17(21,19(25,26)27)14-8-11(6-7-13(14)18(22,23)24)9-28-30-16-29-15(10-31-16)12-4-2-1-3-5-12/h1-10H,(H,29,30). The zero-order valence-corrected chi connectivity index (χ0v) is 15.9. The number of rotatable bonds is 5. The summed E-state index contributed by atoms with van der Waals surface area (Å²) in [4.78, 5) is 4.22. The molecule has 3 aromatic rings. The van der Waals surface area contributed by atoms with Crippen molar-refractivity contribution >= 4 is 22.7 Å². The molecule has 0 aliphatic rings.